The molecule has 0 aromatic rings. The first kappa shape index (κ1) is 12.9. The molecule has 16 heavy (non-hydrogen) atoms. The number of carbonyl (C=O) groups excluding carboxylic acids is 3. The number of ether oxygens (including phenoxy) is 1. The first-order chi connectivity index (χ1) is 7.65. The average molecular weight is 226 g/mol. The van der Waals surface area contributed by atoms with Gasteiger partial charge in [-0.3, -0.25) is 9.59 Å². The Bertz CT molecular complexity index is 285. The zero-order chi connectivity index (χ0) is 12.1. The van der Waals surface area contributed by atoms with Gasteiger partial charge in [-0.05, 0) is 19.3 Å². The maximum atomic E-state index is 11.7. The molecule has 1 aliphatic rings. The summed E-state index contributed by atoms with van der Waals surface area (Å²) >= 11 is 0. The van der Waals surface area contributed by atoms with Crippen LogP contribution in [0.15, 0.2) is 0 Å². The highest BCUT2D eigenvalue weighted by Gasteiger charge is 2.46. The number of rotatable bonds is 5. The lowest BCUT2D eigenvalue weighted by molar-refractivity contribution is -0.152. The molecule has 4 nitrogen and oxygen atoms in total. The normalized spacial score (nSPS) is 29.1. The molecule has 0 heterocycles. The lowest BCUT2D eigenvalue weighted by Crippen LogP contribution is -2.28. The monoisotopic (exact) mass is 226 g/mol. The summed E-state index contributed by atoms with van der Waals surface area (Å²) in [4.78, 5) is 34.2. The second kappa shape index (κ2) is 5.77. The summed E-state index contributed by atoms with van der Waals surface area (Å²) in [7, 11) is 0. The molecule has 0 amide bonds. The lowest BCUT2D eigenvalue weighted by atomic mass is 9.86. The van der Waals surface area contributed by atoms with Crippen molar-refractivity contribution in [1.82, 2.24) is 0 Å². The molecule has 1 aliphatic carbocycles. The van der Waals surface area contributed by atoms with Crippen molar-refractivity contribution in [3.05, 3.63) is 0 Å². The van der Waals surface area contributed by atoms with E-state index in [0.717, 1.165) is 19.1 Å². The summed E-state index contributed by atoms with van der Waals surface area (Å²) in [6.07, 6.45) is 2.58. The van der Waals surface area contributed by atoms with Gasteiger partial charge >= 0.3 is 5.97 Å². The molecule has 0 N–H and O–H groups in total. The van der Waals surface area contributed by atoms with Gasteiger partial charge in [0.1, 0.15) is 18.0 Å². The number of hydrogen-bond acceptors (Lipinski definition) is 4. The number of carbonyl (C=O) groups is 3. The molecule has 1 fully saturated rings. The van der Waals surface area contributed by atoms with E-state index in [-0.39, 0.29) is 30.6 Å². The van der Waals surface area contributed by atoms with Crippen LogP contribution in [0, 0.1) is 17.8 Å². The van der Waals surface area contributed by atoms with Crippen molar-refractivity contribution >= 4 is 18.0 Å². The fourth-order valence-corrected chi connectivity index (χ4v) is 2.40. The summed E-state index contributed by atoms with van der Waals surface area (Å²) < 4.78 is 4.89. The highest BCUT2D eigenvalue weighted by molar-refractivity contribution is 6.02. The van der Waals surface area contributed by atoms with Gasteiger partial charge in [-0.15, -0.1) is 0 Å². The molecular weight excluding hydrogens is 208 g/mol. The van der Waals surface area contributed by atoms with E-state index in [1.165, 1.54) is 0 Å². The SMILES string of the molecule is CCC[C@H]1[C@H](C(=O)OCC)C(=O)C[C@@H]1C=O. The summed E-state index contributed by atoms with van der Waals surface area (Å²) in [6, 6.07) is 0. The van der Waals surface area contributed by atoms with Crippen molar-refractivity contribution < 1.29 is 19.1 Å². The smallest absolute Gasteiger partial charge is 0.316 e. The zero-order valence-electron chi connectivity index (χ0n) is 9.77. The maximum absolute atomic E-state index is 11.7. The third-order valence-corrected chi connectivity index (χ3v) is 3.10. The van der Waals surface area contributed by atoms with Gasteiger partial charge in [-0.1, -0.05) is 13.3 Å². The van der Waals surface area contributed by atoms with Crippen molar-refractivity contribution in [2.75, 3.05) is 6.61 Å². The van der Waals surface area contributed by atoms with Crippen LogP contribution in [0.25, 0.3) is 0 Å². The van der Waals surface area contributed by atoms with Crippen LogP contribution in [0.4, 0.5) is 0 Å². The summed E-state index contributed by atoms with van der Waals surface area (Å²) in [5.74, 6) is -1.78. The van der Waals surface area contributed by atoms with Gasteiger partial charge in [0.2, 0.25) is 0 Å². The molecule has 0 unspecified atom stereocenters. The number of aldehydes is 1. The van der Waals surface area contributed by atoms with E-state index in [0.29, 0.717) is 0 Å². The molecule has 4 heteroatoms. The van der Waals surface area contributed by atoms with E-state index in [2.05, 4.69) is 0 Å². The van der Waals surface area contributed by atoms with Crippen molar-refractivity contribution in [2.45, 2.75) is 33.1 Å². The number of ketones is 1. The minimum atomic E-state index is -0.713. The fraction of sp³-hybridized carbons (Fsp3) is 0.750. The Morgan fingerprint density at radius 2 is 2.19 bits per heavy atom. The van der Waals surface area contributed by atoms with E-state index in [1.54, 1.807) is 6.92 Å². The van der Waals surface area contributed by atoms with Gasteiger partial charge in [0.25, 0.3) is 0 Å². The molecule has 0 bridgehead atoms. The Morgan fingerprint density at radius 3 is 2.69 bits per heavy atom. The van der Waals surface area contributed by atoms with Crippen LogP contribution in [-0.2, 0) is 19.1 Å². The molecule has 1 rings (SSSR count). The van der Waals surface area contributed by atoms with E-state index in [4.69, 9.17) is 4.74 Å². The molecule has 1 saturated carbocycles. The molecule has 0 aromatic heterocycles. The Balaban J connectivity index is 2.82. The molecule has 0 aromatic carbocycles. The molecule has 3 atom stereocenters. The standard InChI is InChI=1S/C12H18O4/c1-3-5-9-8(7-13)6-10(14)11(9)12(15)16-4-2/h7-9,11H,3-6H2,1-2H3/t8-,9-,11+/m1/s1. The number of Topliss-reactive ketones (excluding diaryl/α,β-unsaturated/α-hetero) is 1. The van der Waals surface area contributed by atoms with Crippen LogP contribution in [0.5, 0.6) is 0 Å². The Labute approximate surface area is 95.3 Å². The highest BCUT2D eigenvalue weighted by atomic mass is 16.5. The van der Waals surface area contributed by atoms with E-state index in [9.17, 15) is 14.4 Å². The van der Waals surface area contributed by atoms with Crippen LogP contribution >= 0.6 is 0 Å². The van der Waals surface area contributed by atoms with E-state index >= 15 is 0 Å². The Morgan fingerprint density at radius 1 is 1.50 bits per heavy atom. The van der Waals surface area contributed by atoms with Crippen LogP contribution in [0.1, 0.15) is 33.1 Å². The van der Waals surface area contributed by atoms with Gasteiger partial charge in [-0.25, -0.2) is 0 Å². The average Bonchev–Trinajstić information content (AvgIpc) is 2.56. The van der Waals surface area contributed by atoms with Crippen LogP contribution < -0.4 is 0 Å². The first-order valence-electron chi connectivity index (χ1n) is 5.80. The van der Waals surface area contributed by atoms with Crippen molar-refractivity contribution in [1.29, 1.82) is 0 Å². The number of hydrogen-bond donors (Lipinski definition) is 0. The molecule has 0 saturated heterocycles. The van der Waals surface area contributed by atoms with Gasteiger partial charge in [-0.2, -0.15) is 0 Å². The van der Waals surface area contributed by atoms with Gasteiger partial charge in [0, 0.05) is 12.3 Å². The molecule has 0 radical (unpaired) electrons. The van der Waals surface area contributed by atoms with Gasteiger partial charge in [0.15, 0.2) is 0 Å². The Kier molecular flexibility index (Phi) is 4.65. The number of esters is 1. The second-order valence-electron chi connectivity index (χ2n) is 4.15. The van der Waals surface area contributed by atoms with E-state index < -0.39 is 11.9 Å². The first-order valence-corrected chi connectivity index (χ1v) is 5.80. The summed E-state index contributed by atoms with van der Waals surface area (Å²) in [5.41, 5.74) is 0. The topological polar surface area (TPSA) is 60.4 Å². The summed E-state index contributed by atoms with van der Waals surface area (Å²) in [5, 5.41) is 0. The predicted molar refractivity (Wildman–Crippen MR) is 57.7 cm³/mol. The minimum Gasteiger partial charge on any atom is -0.465 e. The molecule has 90 valence electrons. The Hall–Kier alpha value is -1.19. The van der Waals surface area contributed by atoms with Crippen LogP contribution in [0.3, 0.4) is 0 Å². The lowest BCUT2D eigenvalue weighted by Gasteiger charge is -2.18. The predicted octanol–water partition coefficient (Wildman–Crippen LogP) is 1.37. The summed E-state index contributed by atoms with van der Waals surface area (Å²) in [6.45, 7) is 3.96. The maximum Gasteiger partial charge on any atom is 0.316 e. The third-order valence-electron chi connectivity index (χ3n) is 3.10. The van der Waals surface area contributed by atoms with Crippen molar-refractivity contribution in [3.63, 3.8) is 0 Å². The van der Waals surface area contributed by atoms with Gasteiger partial charge < -0.3 is 9.53 Å². The largest absolute Gasteiger partial charge is 0.465 e. The van der Waals surface area contributed by atoms with Gasteiger partial charge in [0.05, 0.1) is 6.61 Å². The fourth-order valence-electron chi connectivity index (χ4n) is 2.40. The zero-order valence-corrected chi connectivity index (χ0v) is 9.77. The molecule has 0 spiro atoms. The molecule has 0 aliphatic heterocycles. The minimum absolute atomic E-state index is 0.144. The van der Waals surface area contributed by atoms with Crippen LogP contribution in [0.2, 0.25) is 0 Å². The van der Waals surface area contributed by atoms with Crippen LogP contribution in [-0.4, -0.2) is 24.6 Å². The molecular formula is C12H18O4. The van der Waals surface area contributed by atoms with E-state index in [1.807, 2.05) is 6.92 Å². The second-order valence-corrected chi connectivity index (χ2v) is 4.15. The highest BCUT2D eigenvalue weighted by Crippen LogP contribution is 2.37. The third kappa shape index (κ3) is 2.49. The van der Waals surface area contributed by atoms with Crippen molar-refractivity contribution in [3.8, 4) is 0 Å². The van der Waals surface area contributed by atoms with Crippen molar-refractivity contribution in [2.24, 2.45) is 17.8 Å². The quantitative estimate of drug-likeness (QED) is 0.403.